The van der Waals surface area contributed by atoms with Crippen molar-refractivity contribution >= 4 is 23.3 Å². The normalized spacial score (nSPS) is 25.8. The monoisotopic (exact) mass is 367 g/mol. The van der Waals surface area contributed by atoms with Gasteiger partial charge in [-0.1, -0.05) is 6.42 Å². The van der Waals surface area contributed by atoms with Crippen molar-refractivity contribution in [1.82, 2.24) is 9.03 Å². The van der Waals surface area contributed by atoms with Crippen LogP contribution in [-0.2, 0) is 15.0 Å². The molecule has 0 aliphatic carbocycles. The molecule has 24 heavy (non-hydrogen) atoms. The van der Waals surface area contributed by atoms with Gasteiger partial charge in [0.25, 0.3) is 10.2 Å². The van der Waals surface area contributed by atoms with E-state index in [0.717, 1.165) is 4.31 Å². The molecule has 0 aromatic carbocycles. The minimum absolute atomic E-state index is 0.0515. The van der Waals surface area contributed by atoms with E-state index in [1.807, 2.05) is 0 Å². The fourth-order valence-corrected chi connectivity index (χ4v) is 4.05. The fraction of sp³-hybridized carbons (Fsp3) is 0.917. The number of aliphatic hydroxyl groups is 1. The van der Waals surface area contributed by atoms with Gasteiger partial charge in [-0.25, -0.2) is 0 Å². The van der Waals surface area contributed by atoms with Gasteiger partial charge in [0, 0.05) is 25.6 Å². The van der Waals surface area contributed by atoms with E-state index >= 15 is 0 Å². The lowest BCUT2D eigenvalue weighted by Crippen LogP contribution is -2.55. The predicted molar refractivity (Wildman–Crippen MR) is 87.1 cm³/mol. The van der Waals surface area contributed by atoms with Crippen LogP contribution in [0.5, 0.6) is 0 Å². The Morgan fingerprint density at radius 1 is 1.46 bits per heavy atom. The van der Waals surface area contributed by atoms with Crippen LogP contribution in [0, 0.1) is 5.92 Å². The first-order valence-corrected chi connectivity index (χ1v) is 9.07. The van der Waals surface area contributed by atoms with Gasteiger partial charge in [-0.05, 0) is 26.6 Å². The Bertz CT molecular complexity index is 551. The molecule has 1 aliphatic heterocycles. The standard InChI is InChI=1S/C12H26BN3O7S/c1-11(2,19)7-15-24(22,23)16-6-9(4-3-5-13(20)21)12(14,8-16)10(17)18/h9,15,19-21H,3-8,14H2,1-2H3,(H,17,18)/t9-,12-/m0/s1. The average molecular weight is 367 g/mol. The van der Waals surface area contributed by atoms with Gasteiger partial charge in [0.1, 0.15) is 5.54 Å². The van der Waals surface area contributed by atoms with Gasteiger partial charge < -0.3 is 26.0 Å². The van der Waals surface area contributed by atoms with Gasteiger partial charge in [-0.3, -0.25) is 4.79 Å². The van der Waals surface area contributed by atoms with E-state index in [0.29, 0.717) is 6.42 Å². The van der Waals surface area contributed by atoms with Gasteiger partial charge in [-0.2, -0.15) is 17.4 Å². The molecule has 7 N–H and O–H groups in total. The summed E-state index contributed by atoms with van der Waals surface area (Å²) < 4.78 is 27.8. The number of hydrogen-bond acceptors (Lipinski definition) is 7. The third-order valence-corrected chi connectivity index (χ3v) is 5.50. The van der Waals surface area contributed by atoms with Crippen molar-refractivity contribution in [3.05, 3.63) is 0 Å². The van der Waals surface area contributed by atoms with Crippen LogP contribution in [0.15, 0.2) is 0 Å². The van der Waals surface area contributed by atoms with Crippen LogP contribution in [0.2, 0.25) is 6.32 Å². The molecule has 0 bridgehead atoms. The summed E-state index contributed by atoms with van der Waals surface area (Å²) in [6.07, 6.45) is 0.605. The number of carbonyl (C=O) groups is 1. The Balaban J connectivity index is 2.83. The zero-order valence-corrected chi connectivity index (χ0v) is 14.7. The molecule has 2 atom stereocenters. The van der Waals surface area contributed by atoms with E-state index in [1.165, 1.54) is 13.8 Å². The number of nitrogens with one attached hydrogen (secondary N) is 1. The molecule has 140 valence electrons. The summed E-state index contributed by atoms with van der Waals surface area (Å²) >= 11 is 0. The number of nitrogens with two attached hydrogens (primary N) is 1. The van der Waals surface area contributed by atoms with Gasteiger partial charge in [0.15, 0.2) is 0 Å². The smallest absolute Gasteiger partial charge is 0.451 e. The number of carboxylic acids is 1. The summed E-state index contributed by atoms with van der Waals surface area (Å²) in [6.45, 7) is 2.17. The summed E-state index contributed by atoms with van der Waals surface area (Å²) in [5, 5.41) is 36.7. The van der Waals surface area contributed by atoms with Crippen molar-refractivity contribution in [2.45, 2.75) is 44.1 Å². The van der Waals surface area contributed by atoms with Gasteiger partial charge in [0.2, 0.25) is 0 Å². The van der Waals surface area contributed by atoms with E-state index in [4.69, 9.17) is 15.8 Å². The lowest BCUT2D eigenvalue weighted by molar-refractivity contribution is -0.144. The van der Waals surface area contributed by atoms with Crippen molar-refractivity contribution < 1.29 is 33.5 Å². The molecule has 0 aromatic rings. The van der Waals surface area contributed by atoms with Crippen LogP contribution in [-0.4, -0.2) is 76.8 Å². The van der Waals surface area contributed by atoms with Crippen molar-refractivity contribution in [3.8, 4) is 0 Å². The molecule has 10 nitrogen and oxygen atoms in total. The molecule has 1 heterocycles. The molecular weight excluding hydrogens is 341 g/mol. The number of carboxylic acid groups (broad SMARTS) is 1. The summed E-state index contributed by atoms with van der Waals surface area (Å²) in [4.78, 5) is 11.5. The Hall–Kier alpha value is -0.755. The molecule has 0 aromatic heterocycles. The van der Waals surface area contributed by atoms with E-state index in [2.05, 4.69) is 4.72 Å². The molecule has 0 unspecified atom stereocenters. The van der Waals surface area contributed by atoms with E-state index in [9.17, 15) is 23.4 Å². The molecule has 1 fully saturated rings. The third kappa shape index (κ3) is 5.65. The van der Waals surface area contributed by atoms with Crippen molar-refractivity contribution in [2.75, 3.05) is 19.6 Å². The lowest BCUT2D eigenvalue weighted by Gasteiger charge is -2.25. The Morgan fingerprint density at radius 3 is 2.50 bits per heavy atom. The maximum absolute atomic E-state index is 12.3. The Labute approximate surface area is 142 Å². The molecule has 0 radical (unpaired) electrons. The van der Waals surface area contributed by atoms with Gasteiger partial charge in [0.05, 0.1) is 5.60 Å². The second kappa shape index (κ2) is 7.64. The van der Waals surface area contributed by atoms with Crippen LogP contribution >= 0.6 is 0 Å². The highest BCUT2D eigenvalue weighted by Crippen LogP contribution is 2.31. The second-order valence-corrected chi connectivity index (χ2v) is 8.64. The summed E-state index contributed by atoms with van der Waals surface area (Å²) in [5.41, 5.74) is 2.92. The molecule has 12 heteroatoms. The second-order valence-electron chi connectivity index (χ2n) is 6.89. The van der Waals surface area contributed by atoms with Crippen LogP contribution in [0.25, 0.3) is 0 Å². The minimum atomic E-state index is -3.99. The fourth-order valence-electron chi connectivity index (χ4n) is 2.57. The predicted octanol–water partition coefficient (Wildman–Crippen LogP) is -2.44. The topological polar surface area (TPSA) is 173 Å². The molecule has 0 saturated carbocycles. The third-order valence-electron chi connectivity index (χ3n) is 4.03. The SMILES string of the molecule is CC(C)(O)CNS(=O)(=O)N1C[C@H](CCCB(O)O)[C@](N)(C(=O)O)C1. The summed E-state index contributed by atoms with van der Waals surface area (Å²) in [7, 11) is -5.49. The summed E-state index contributed by atoms with van der Waals surface area (Å²) in [5.74, 6) is -1.97. The largest absolute Gasteiger partial charge is 0.480 e. The first kappa shape index (κ1) is 21.3. The van der Waals surface area contributed by atoms with Crippen molar-refractivity contribution in [2.24, 2.45) is 11.7 Å². The number of rotatable bonds is 9. The molecule has 0 amide bonds. The highest BCUT2D eigenvalue weighted by atomic mass is 32.2. The minimum Gasteiger partial charge on any atom is -0.480 e. The number of nitrogens with zero attached hydrogens (tertiary/aromatic N) is 1. The number of hydrogen-bond donors (Lipinski definition) is 6. The van der Waals surface area contributed by atoms with Crippen LogP contribution in [0.1, 0.15) is 26.7 Å². The Morgan fingerprint density at radius 2 is 2.04 bits per heavy atom. The number of aliphatic carboxylic acids is 1. The van der Waals surface area contributed by atoms with Gasteiger partial charge in [-0.15, -0.1) is 0 Å². The molecular formula is C12H26BN3O7S. The van der Waals surface area contributed by atoms with Crippen LogP contribution in [0.3, 0.4) is 0 Å². The lowest BCUT2D eigenvalue weighted by atomic mass is 9.78. The highest BCUT2D eigenvalue weighted by molar-refractivity contribution is 7.87. The zero-order chi connectivity index (χ0) is 18.8. The van der Waals surface area contributed by atoms with Crippen molar-refractivity contribution in [1.29, 1.82) is 0 Å². The van der Waals surface area contributed by atoms with E-state index in [1.54, 1.807) is 0 Å². The first-order chi connectivity index (χ1) is 10.8. The van der Waals surface area contributed by atoms with E-state index in [-0.39, 0.29) is 25.8 Å². The Kier molecular flexibility index (Phi) is 6.78. The van der Waals surface area contributed by atoms with Crippen LogP contribution < -0.4 is 10.5 Å². The summed E-state index contributed by atoms with van der Waals surface area (Å²) in [6, 6.07) is 0. The van der Waals surface area contributed by atoms with E-state index < -0.39 is 46.9 Å². The maximum Gasteiger partial charge on any atom is 0.451 e. The van der Waals surface area contributed by atoms with Gasteiger partial charge >= 0.3 is 13.1 Å². The van der Waals surface area contributed by atoms with Crippen LogP contribution in [0.4, 0.5) is 0 Å². The van der Waals surface area contributed by atoms with Crippen molar-refractivity contribution in [3.63, 3.8) is 0 Å². The highest BCUT2D eigenvalue weighted by Gasteiger charge is 2.52. The molecule has 0 spiro atoms. The quantitative estimate of drug-likeness (QED) is 0.244. The maximum atomic E-state index is 12.3. The zero-order valence-electron chi connectivity index (χ0n) is 13.8. The molecule has 1 saturated heterocycles. The molecule has 1 rings (SSSR count). The average Bonchev–Trinajstić information content (AvgIpc) is 2.75. The molecule has 1 aliphatic rings. The first-order valence-electron chi connectivity index (χ1n) is 7.63.